The Morgan fingerprint density at radius 1 is 0.446 bits per heavy atom. The predicted molar refractivity (Wildman–Crippen MR) is 273 cm³/mol. The number of allylic oxidation sites excluding steroid dienone is 5. The molecule has 0 aliphatic heterocycles. The zero-order valence-corrected chi connectivity index (χ0v) is 36.5. The van der Waals surface area contributed by atoms with Crippen LogP contribution >= 0.6 is 0 Å². The third-order valence-corrected chi connectivity index (χ3v) is 12.4. The molecule has 0 spiro atoms. The van der Waals surface area contributed by atoms with Crippen LogP contribution in [0.4, 0.5) is 0 Å². The number of benzene rings is 8. The van der Waals surface area contributed by atoms with E-state index >= 15 is 0 Å². The summed E-state index contributed by atoms with van der Waals surface area (Å²) in [5.74, 6) is 1.91. The monoisotopic (exact) mass is 835 g/mol. The fourth-order valence-corrected chi connectivity index (χ4v) is 9.13. The first-order valence-electron chi connectivity index (χ1n) is 22.1. The van der Waals surface area contributed by atoms with Gasteiger partial charge in [0.25, 0.3) is 0 Å². The molecule has 0 saturated carbocycles. The molecule has 0 N–H and O–H groups in total. The summed E-state index contributed by atoms with van der Waals surface area (Å²) >= 11 is 0. The van der Waals surface area contributed by atoms with E-state index in [9.17, 15) is 0 Å². The topological polar surface area (TPSA) is 48.5 Å². The highest BCUT2D eigenvalue weighted by atomic mass is 15.0. The average molecular weight is 836 g/mol. The van der Waals surface area contributed by atoms with Gasteiger partial charge < -0.3 is 9.13 Å². The van der Waals surface area contributed by atoms with Gasteiger partial charge in [0.15, 0.2) is 17.5 Å². The molecule has 11 aromatic rings. The Hall–Kier alpha value is -8.41. The largest absolute Gasteiger partial charge is 0.309 e. The van der Waals surface area contributed by atoms with Crippen molar-refractivity contribution in [3.8, 4) is 45.3 Å². The van der Waals surface area contributed by atoms with Gasteiger partial charge in [-0.05, 0) is 104 Å². The Morgan fingerprint density at radius 2 is 1.00 bits per heavy atom. The first kappa shape index (κ1) is 39.4. The molecule has 310 valence electrons. The molecule has 8 aromatic carbocycles. The minimum Gasteiger partial charge on any atom is -0.309 e. The van der Waals surface area contributed by atoms with Crippen LogP contribution in [0.25, 0.3) is 101 Å². The third-order valence-electron chi connectivity index (χ3n) is 12.4. The van der Waals surface area contributed by atoms with Crippen LogP contribution in [-0.4, -0.2) is 24.1 Å². The summed E-state index contributed by atoms with van der Waals surface area (Å²) in [6.45, 7) is 6.25. The second kappa shape index (κ2) is 16.7. The lowest BCUT2D eigenvalue weighted by Crippen LogP contribution is -1.99. The predicted octanol–water partition coefficient (Wildman–Crippen LogP) is 15.4. The SMILES string of the molecule is C\C=C(/C=C\C=C\c1nc(-c2ccc(C)cc2)nc(-c2ccc(C)cc2)n1)c1ccc2c(c1)c1ccccc1n2-c1ccc(-c2cccc3c2c2ccccc2n3-c2ccccc2)cc1. The van der Waals surface area contributed by atoms with Crippen LogP contribution in [0.3, 0.4) is 0 Å². The van der Waals surface area contributed by atoms with E-state index in [1.165, 1.54) is 65.9 Å². The minimum absolute atomic E-state index is 0.604. The van der Waals surface area contributed by atoms with Crippen LogP contribution in [0.1, 0.15) is 29.4 Å². The molecule has 0 aliphatic rings. The van der Waals surface area contributed by atoms with Crippen molar-refractivity contribution in [2.75, 3.05) is 0 Å². The van der Waals surface area contributed by atoms with Crippen molar-refractivity contribution in [3.05, 3.63) is 235 Å². The van der Waals surface area contributed by atoms with Gasteiger partial charge in [-0.1, -0.05) is 169 Å². The Balaban J connectivity index is 0.911. The zero-order chi connectivity index (χ0) is 43.9. The third kappa shape index (κ3) is 7.33. The Bertz CT molecular complexity index is 3580. The van der Waals surface area contributed by atoms with E-state index in [2.05, 4.69) is 236 Å². The van der Waals surface area contributed by atoms with Crippen molar-refractivity contribution in [2.45, 2.75) is 20.8 Å². The normalized spacial score (nSPS) is 12.2. The number of hydrogen-bond donors (Lipinski definition) is 0. The van der Waals surface area contributed by atoms with Crippen molar-refractivity contribution in [1.82, 2.24) is 24.1 Å². The lowest BCUT2D eigenvalue weighted by molar-refractivity contribution is 1.04. The number of aromatic nitrogens is 5. The molecule has 0 saturated heterocycles. The van der Waals surface area contributed by atoms with Crippen LogP contribution in [0.5, 0.6) is 0 Å². The van der Waals surface area contributed by atoms with Crippen LogP contribution in [-0.2, 0) is 0 Å². The van der Waals surface area contributed by atoms with Crippen LogP contribution < -0.4 is 0 Å². The molecule has 0 bridgehead atoms. The second-order valence-corrected chi connectivity index (χ2v) is 16.6. The average Bonchev–Trinajstić information content (AvgIpc) is 3.87. The summed E-state index contributed by atoms with van der Waals surface area (Å²) in [6.07, 6.45) is 10.3. The molecule has 3 heterocycles. The van der Waals surface area contributed by atoms with Gasteiger partial charge in [0.1, 0.15) is 0 Å². The molecule has 0 radical (unpaired) electrons. The summed E-state index contributed by atoms with van der Waals surface area (Å²) in [5.41, 5.74) is 16.0. The molecule has 3 aromatic heterocycles. The van der Waals surface area contributed by atoms with Gasteiger partial charge in [0.2, 0.25) is 0 Å². The first-order valence-corrected chi connectivity index (χ1v) is 22.1. The fraction of sp³-hybridized carbons (Fsp3) is 0.0500. The van der Waals surface area contributed by atoms with Gasteiger partial charge in [-0.3, -0.25) is 0 Å². The van der Waals surface area contributed by atoms with E-state index in [0.717, 1.165) is 33.6 Å². The molecule has 65 heavy (non-hydrogen) atoms. The lowest BCUT2D eigenvalue weighted by atomic mass is 9.99. The van der Waals surface area contributed by atoms with Gasteiger partial charge >= 0.3 is 0 Å². The molecule has 0 amide bonds. The van der Waals surface area contributed by atoms with E-state index in [0.29, 0.717) is 17.5 Å². The first-order chi connectivity index (χ1) is 32.0. The summed E-state index contributed by atoms with van der Waals surface area (Å²) < 4.78 is 4.76. The highest BCUT2D eigenvalue weighted by Gasteiger charge is 2.18. The van der Waals surface area contributed by atoms with Crippen LogP contribution in [0, 0.1) is 13.8 Å². The quantitative estimate of drug-likeness (QED) is 0.136. The Kier molecular flexibility index (Phi) is 10.1. The molecule has 11 rings (SSSR count). The zero-order valence-electron chi connectivity index (χ0n) is 36.5. The molecule has 0 atom stereocenters. The maximum Gasteiger partial charge on any atom is 0.164 e. The maximum atomic E-state index is 4.87. The maximum absolute atomic E-state index is 4.87. The molecule has 0 aliphatic carbocycles. The van der Waals surface area contributed by atoms with E-state index in [1.54, 1.807) is 0 Å². The van der Waals surface area contributed by atoms with Crippen LogP contribution in [0.2, 0.25) is 0 Å². The smallest absolute Gasteiger partial charge is 0.164 e. The van der Waals surface area contributed by atoms with Crippen molar-refractivity contribution in [1.29, 1.82) is 0 Å². The molecule has 0 unspecified atom stereocenters. The second-order valence-electron chi connectivity index (χ2n) is 16.6. The summed E-state index contributed by atoms with van der Waals surface area (Å²) in [6, 6.07) is 67.2. The van der Waals surface area contributed by atoms with Crippen molar-refractivity contribution < 1.29 is 0 Å². The van der Waals surface area contributed by atoms with Gasteiger partial charge in [0.05, 0.1) is 22.1 Å². The van der Waals surface area contributed by atoms with E-state index in [-0.39, 0.29) is 0 Å². The molecule has 5 nitrogen and oxygen atoms in total. The van der Waals surface area contributed by atoms with Gasteiger partial charge in [-0.2, -0.15) is 0 Å². The molecular weight excluding hydrogens is 791 g/mol. The van der Waals surface area contributed by atoms with Crippen molar-refractivity contribution >= 4 is 55.3 Å². The summed E-state index contributed by atoms with van der Waals surface area (Å²) in [5, 5.41) is 4.94. The van der Waals surface area contributed by atoms with E-state index < -0.39 is 0 Å². The van der Waals surface area contributed by atoms with E-state index in [4.69, 9.17) is 15.0 Å². The minimum atomic E-state index is 0.604. The van der Waals surface area contributed by atoms with Crippen LogP contribution in [0.15, 0.2) is 212 Å². The van der Waals surface area contributed by atoms with Gasteiger partial charge in [-0.15, -0.1) is 0 Å². The molecule has 5 heteroatoms. The van der Waals surface area contributed by atoms with Crippen molar-refractivity contribution in [2.24, 2.45) is 0 Å². The van der Waals surface area contributed by atoms with Crippen molar-refractivity contribution in [3.63, 3.8) is 0 Å². The summed E-state index contributed by atoms with van der Waals surface area (Å²) in [7, 11) is 0. The highest BCUT2D eigenvalue weighted by molar-refractivity contribution is 6.16. The highest BCUT2D eigenvalue weighted by Crippen LogP contribution is 2.40. The number of hydrogen-bond acceptors (Lipinski definition) is 3. The number of nitrogens with zero attached hydrogens (tertiary/aromatic N) is 5. The summed E-state index contributed by atoms with van der Waals surface area (Å²) in [4.78, 5) is 14.6. The van der Waals surface area contributed by atoms with Gasteiger partial charge in [-0.25, -0.2) is 15.0 Å². The Morgan fingerprint density at radius 3 is 1.68 bits per heavy atom. The molecule has 0 fully saturated rings. The number of aryl methyl sites for hydroxylation is 2. The lowest BCUT2D eigenvalue weighted by Gasteiger charge is -2.11. The number of para-hydroxylation sites is 3. The van der Waals surface area contributed by atoms with Gasteiger partial charge in [0, 0.05) is 44.0 Å². The number of rotatable bonds is 9. The number of fused-ring (bicyclic) bond motifs is 6. The standard InChI is InChI=1S/C60H45N5/c1-4-42(15-8-13-24-57-61-59(44-29-25-40(2)26-30-44)63-60(62-57)45-31-27-41(3)28-32-45)46-35-38-55-52(39-46)50-18-9-11-21-53(50)64(55)48-36-33-43(34-37-48)49-20-14-23-56-58(49)51-19-10-12-22-54(51)65(56)47-16-6-5-7-17-47/h4-39H,1-3H3/b15-8-,24-13+,42-4+. The Labute approximate surface area is 378 Å². The molecular formula is C60H45N5. The fourth-order valence-electron chi connectivity index (χ4n) is 9.13. The van der Waals surface area contributed by atoms with E-state index in [1.807, 2.05) is 12.2 Å².